The lowest BCUT2D eigenvalue weighted by molar-refractivity contribution is -0.274. The Morgan fingerprint density at radius 3 is 2.33 bits per heavy atom. The summed E-state index contributed by atoms with van der Waals surface area (Å²) in [6, 6.07) is 5.40. The second kappa shape index (κ2) is 8.04. The van der Waals surface area contributed by atoms with Crippen molar-refractivity contribution >= 4 is 18.3 Å². The van der Waals surface area contributed by atoms with E-state index < -0.39 is 11.9 Å². The van der Waals surface area contributed by atoms with Crippen LogP contribution in [-0.2, 0) is 16.1 Å². The number of hydrogen-bond acceptors (Lipinski definition) is 4. The van der Waals surface area contributed by atoms with Gasteiger partial charge in [-0.1, -0.05) is 12.1 Å². The van der Waals surface area contributed by atoms with Crippen molar-refractivity contribution in [1.29, 1.82) is 0 Å². The van der Waals surface area contributed by atoms with E-state index in [-0.39, 0.29) is 30.6 Å². The van der Waals surface area contributed by atoms with Crippen molar-refractivity contribution in [3.05, 3.63) is 29.8 Å². The van der Waals surface area contributed by atoms with Crippen molar-refractivity contribution in [2.45, 2.75) is 31.3 Å². The molecule has 1 aromatic carbocycles. The highest BCUT2D eigenvalue weighted by Crippen LogP contribution is 2.24. The van der Waals surface area contributed by atoms with Crippen LogP contribution in [0.5, 0.6) is 5.75 Å². The van der Waals surface area contributed by atoms with E-state index in [0.717, 1.165) is 0 Å². The van der Waals surface area contributed by atoms with Crippen molar-refractivity contribution in [3.8, 4) is 5.75 Å². The molecule has 9 heteroatoms. The molecular weight excluding hydrogens is 349 g/mol. The minimum absolute atomic E-state index is 0. The number of rotatable bonds is 4. The molecule has 0 spiro atoms. The molecule has 0 bridgehead atoms. The van der Waals surface area contributed by atoms with E-state index in [2.05, 4.69) is 4.74 Å². The van der Waals surface area contributed by atoms with Gasteiger partial charge >= 0.3 is 6.36 Å². The minimum Gasteiger partial charge on any atom is -0.406 e. The van der Waals surface area contributed by atoms with Gasteiger partial charge in [-0.3, -0.25) is 4.79 Å². The number of likely N-dealkylation sites (N-methyl/N-ethyl adjacent to an activating group) is 1. The highest BCUT2D eigenvalue weighted by molar-refractivity contribution is 5.86. The molecule has 1 heterocycles. The summed E-state index contributed by atoms with van der Waals surface area (Å²) in [5, 5.41) is 0. The van der Waals surface area contributed by atoms with Gasteiger partial charge in [0.05, 0.1) is 5.54 Å². The summed E-state index contributed by atoms with van der Waals surface area (Å²) in [7, 11) is 1.62. The average Bonchev–Trinajstić information content (AvgIpc) is 2.47. The number of nitrogens with zero attached hydrogens (tertiary/aromatic N) is 1. The lowest BCUT2D eigenvalue weighted by Crippen LogP contribution is -2.57. The maximum atomic E-state index is 12.5. The molecular formula is C15H20ClF3N2O3. The highest BCUT2D eigenvalue weighted by Gasteiger charge is 2.37. The molecule has 0 radical (unpaired) electrons. The van der Waals surface area contributed by atoms with Gasteiger partial charge in [0.25, 0.3) is 0 Å². The largest absolute Gasteiger partial charge is 0.573 e. The minimum atomic E-state index is -4.72. The van der Waals surface area contributed by atoms with E-state index in [4.69, 9.17) is 10.5 Å². The Hall–Kier alpha value is -1.51. The Labute approximate surface area is 144 Å². The van der Waals surface area contributed by atoms with Crippen LogP contribution in [0.25, 0.3) is 0 Å². The fourth-order valence-corrected chi connectivity index (χ4v) is 2.47. The Morgan fingerprint density at radius 2 is 1.83 bits per heavy atom. The van der Waals surface area contributed by atoms with Crippen LogP contribution in [0.4, 0.5) is 13.2 Å². The van der Waals surface area contributed by atoms with Gasteiger partial charge in [0.1, 0.15) is 5.75 Å². The molecule has 1 aliphatic heterocycles. The van der Waals surface area contributed by atoms with Crippen LogP contribution in [0.15, 0.2) is 24.3 Å². The van der Waals surface area contributed by atoms with Gasteiger partial charge in [0, 0.05) is 26.8 Å². The van der Waals surface area contributed by atoms with Gasteiger partial charge in [-0.05, 0) is 30.5 Å². The standard InChI is InChI=1S/C15H19F3N2O3.ClH/c1-20(13(21)14(19)6-8-22-9-7-14)10-11-2-4-12(5-3-11)23-15(16,17)18;/h2-5H,6-10,19H2,1H3;1H. The van der Waals surface area contributed by atoms with E-state index in [0.29, 0.717) is 31.6 Å². The summed E-state index contributed by atoms with van der Waals surface area (Å²) in [6.07, 6.45) is -3.81. The maximum absolute atomic E-state index is 12.5. The molecule has 136 valence electrons. The van der Waals surface area contributed by atoms with Crippen LogP contribution in [0.3, 0.4) is 0 Å². The number of nitrogens with two attached hydrogens (primary N) is 1. The van der Waals surface area contributed by atoms with E-state index in [1.807, 2.05) is 0 Å². The van der Waals surface area contributed by atoms with Gasteiger partial charge < -0.3 is 20.1 Å². The highest BCUT2D eigenvalue weighted by atomic mass is 35.5. The van der Waals surface area contributed by atoms with Gasteiger partial charge in [-0.25, -0.2) is 0 Å². The van der Waals surface area contributed by atoms with Crippen molar-refractivity contribution in [1.82, 2.24) is 4.90 Å². The number of hydrogen-bond donors (Lipinski definition) is 1. The fraction of sp³-hybridized carbons (Fsp3) is 0.533. The summed E-state index contributed by atoms with van der Waals surface area (Å²) >= 11 is 0. The molecule has 0 aromatic heterocycles. The predicted octanol–water partition coefficient (Wildman–Crippen LogP) is 2.47. The first kappa shape index (κ1) is 20.5. The lowest BCUT2D eigenvalue weighted by Gasteiger charge is -2.35. The monoisotopic (exact) mass is 368 g/mol. The van der Waals surface area contributed by atoms with Crippen molar-refractivity contribution in [2.24, 2.45) is 5.73 Å². The second-order valence-corrected chi connectivity index (χ2v) is 5.62. The summed E-state index contributed by atoms with van der Waals surface area (Å²) in [6.45, 7) is 1.14. The molecule has 1 aliphatic rings. The summed E-state index contributed by atoms with van der Waals surface area (Å²) in [5.74, 6) is -0.494. The number of carbonyl (C=O) groups excluding carboxylic acids is 1. The third kappa shape index (κ3) is 5.54. The van der Waals surface area contributed by atoms with Gasteiger partial charge in [0.2, 0.25) is 5.91 Å². The van der Waals surface area contributed by atoms with Gasteiger partial charge in [-0.15, -0.1) is 25.6 Å². The van der Waals surface area contributed by atoms with Gasteiger partial charge in [-0.2, -0.15) is 0 Å². The average molecular weight is 369 g/mol. The topological polar surface area (TPSA) is 64.8 Å². The third-order valence-corrected chi connectivity index (χ3v) is 3.73. The van der Waals surface area contributed by atoms with Gasteiger partial charge in [0.15, 0.2) is 0 Å². The van der Waals surface area contributed by atoms with Crippen LogP contribution >= 0.6 is 12.4 Å². The molecule has 0 atom stereocenters. The summed E-state index contributed by atoms with van der Waals surface area (Å²) in [4.78, 5) is 13.9. The molecule has 1 amide bonds. The number of benzene rings is 1. The Bertz CT molecular complexity index is 546. The number of halogens is 4. The molecule has 5 nitrogen and oxygen atoms in total. The van der Waals surface area contributed by atoms with Crippen LogP contribution in [0.1, 0.15) is 18.4 Å². The lowest BCUT2D eigenvalue weighted by atomic mass is 9.89. The number of amides is 1. The summed E-state index contributed by atoms with van der Waals surface area (Å²) < 4.78 is 45.3. The number of ether oxygens (including phenoxy) is 2. The second-order valence-electron chi connectivity index (χ2n) is 5.62. The summed E-state index contributed by atoms with van der Waals surface area (Å²) in [5.41, 5.74) is 5.88. The Kier molecular flexibility index (Phi) is 6.88. The Morgan fingerprint density at radius 1 is 1.29 bits per heavy atom. The van der Waals surface area contributed by atoms with Crippen molar-refractivity contribution in [2.75, 3.05) is 20.3 Å². The molecule has 1 aromatic rings. The molecule has 1 saturated heterocycles. The van der Waals surface area contributed by atoms with Crippen LogP contribution in [0.2, 0.25) is 0 Å². The molecule has 0 unspecified atom stereocenters. The first-order chi connectivity index (χ1) is 10.7. The zero-order valence-corrected chi connectivity index (χ0v) is 14.0. The maximum Gasteiger partial charge on any atom is 0.573 e. The molecule has 0 saturated carbocycles. The first-order valence-electron chi connectivity index (χ1n) is 7.16. The van der Waals surface area contributed by atoms with E-state index in [9.17, 15) is 18.0 Å². The fourth-order valence-electron chi connectivity index (χ4n) is 2.47. The first-order valence-corrected chi connectivity index (χ1v) is 7.16. The number of alkyl halides is 3. The van der Waals surface area contributed by atoms with E-state index in [1.165, 1.54) is 29.2 Å². The van der Waals surface area contributed by atoms with E-state index >= 15 is 0 Å². The zero-order valence-electron chi connectivity index (χ0n) is 13.1. The Balaban J connectivity index is 0.00000288. The molecule has 24 heavy (non-hydrogen) atoms. The molecule has 2 N–H and O–H groups in total. The SMILES string of the molecule is CN(Cc1ccc(OC(F)(F)F)cc1)C(=O)C1(N)CCOCC1.Cl. The normalized spacial score (nSPS) is 16.9. The zero-order chi connectivity index (χ0) is 17.1. The quantitative estimate of drug-likeness (QED) is 0.886. The molecule has 1 fully saturated rings. The predicted molar refractivity (Wildman–Crippen MR) is 83.8 cm³/mol. The van der Waals surface area contributed by atoms with Crippen molar-refractivity contribution < 1.29 is 27.4 Å². The van der Waals surface area contributed by atoms with Crippen molar-refractivity contribution in [3.63, 3.8) is 0 Å². The third-order valence-electron chi connectivity index (χ3n) is 3.73. The van der Waals surface area contributed by atoms with Crippen LogP contribution < -0.4 is 10.5 Å². The van der Waals surface area contributed by atoms with Crippen LogP contribution in [0, 0.1) is 0 Å². The smallest absolute Gasteiger partial charge is 0.406 e. The van der Waals surface area contributed by atoms with E-state index in [1.54, 1.807) is 7.05 Å². The molecule has 2 rings (SSSR count). The number of carbonyl (C=O) groups is 1. The molecule has 0 aliphatic carbocycles. The van der Waals surface area contributed by atoms with Crippen LogP contribution in [-0.4, -0.2) is 43.0 Å².